The van der Waals surface area contributed by atoms with E-state index < -0.39 is 47.0 Å². The van der Waals surface area contributed by atoms with Gasteiger partial charge in [-0.05, 0) is 80.2 Å². The summed E-state index contributed by atoms with van der Waals surface area (Å²) in [4.78, 5) is 89.6. The number of nitrogens with zero attached hydrogens (tertiary/aromatic N) is 7. The molecule has 3 saturated heterocycles. The van der Waals surface area contributed by atoms with Crippen LogP contribution in [0.25, 0.3) is 10.4 Å². The van der Waals surface area contributed by atoms with E-state index in [1.54, 1.807) is 50.8 Å². The zero-order valence-corrected chi connectivity index (χ0v) is 45.0. The molecule has 74 heavy (non-hydrogen) atoms. The number of carbonyl (C=O) groups excluding carboxylic acids is 5. The zero-order chi connectivity index (χ0) is 53.0. The highest BCUT2D eigenvalue weighted by molar-refractivity contribution is 7.99. The van der Waals surface area contributed by atoms with Crippen molar-refractivity contribution in [3.8, 4) is 16.2 Å². The lowest BCUT2D eigenvalue weighted by Crippen LogP contribution is -2.59. The number of piperidine rings is 1. The van der Waals surface area contributed by atoms with Crippen LogP contribution < -0.4 is 31.3 Å². The van der Waals surface area contributed by atoms with Gasteiger partial charge in [0.15, 0.2) is 5.67 Å². The van der Waals surface area contributed by atoms with Crippen molar-refractivity contribution in [2.45, 2.75) is 113 Å². The molecule has 4 aromatic rings. The summed E-state index contributed by atoms with van der Waals surface area (Å²) in [6.45, 7) is 13.5. The topological polar surface area (TPSA) is 229 Å². The number of halogens is 2. The number of hydrogen-bond donors (Lipinski definition) is 5. The largest absolute Gasteiger partial charge is 0.493 e. The van der Waals surface area contributed by atoms with Crippen LogP contribution in [-0.4, -0.2) is 154 Å². The lowest BCUT2D eigenvalue weighted by atomic mass is 9.80. The molecule has 0 spiro atoms. The van der Waals surface area contributed by atoms with E-state index in [9.17, 15) is 33.5 Å². The first kappa shape index (κ1) is 54.8. The molecule has 0 bridgehead atoms. The fourth-order valence-corrected chi connectivity index (χ4v) is 11.2. The van der Waals surface area contributed by atoms with E-state index in [-0.39, 0.29) is 62.7 Å². The second-order valence-corrected chi connectivity index (χ2v) is 23.5. The zero-order valence-electron chi connectivity index (χ0n) is 42.6. The number of carbonyl (C=O) groups is 5. The quantitative estimate of drug-likeness (QED) is 0.0738. The molecule has 398 valence electrons. The summed E-state index contributed by atoms with van der Waals surface area (Å²) in [5, 5.41) is 20.1. The molecule has 6 N–H and O–H groups in total. The van der Waals surface area contributed by atoms with Gasteiger partial charge in [-0.25, -0.2) is 19.3 Å². The highest BCUT2D eigenvalue weighted by Gasteiger charge is 2.53. The van der Waals surface area contributed by atoms with Crippen LogP contribution in [-0.2, 0) is 30.5 Å². The predicted octanol–water partition coefficient (Wildman–Crippen LogP) is 5.44. The molecule has 2 unspecified atom stereocenters. The molecular formula is C52H67ClFN11O7S2. The molecule has 18 nitrogen and oxygen atoms in total. The van der Waals surface area contributed by atoms with Crippen LogP contribution in [0.4, 0.5) is 15.9 Å². The number of nitrogens with two attached hydrogens (primary N) is 1. The van der Waals surface area contributed by atoms with Crippen molar-refractivity contribution in [3.05, 3.63) is 70.6 Å². The smallest absolute Gasteiger partial charge is 0.258 e. The minimum atomic E-state index is -1.99. The summed E-state index contributed by atoms with van der Waals surface area (Å²) < 4.78 is 21.1. The molecular weight excluding hydrogens is 1010 g/mol. The number of rotatable bonds is 19. The molecule has 22 heteroatoms. The van der Waals surface area contributed by atoms with Gasteiger partial charge in [0.1, 0.15) is 28.7 Å². The molecule has 1 aliphatic carbocycles. The van der Waals surface area contributed by atoms with Crippen molar-refractivity contribution < 1.29 is 38.2 Å². The molecule has 3 atom stereocenters. The lowest BCUT2D eigenvalue weighted by molar-refractivity contribution is -0.145. The molecule has 8 rings (SSSR count). The minimum Gasteiger partial charge on any atom is -0.493 e. The Morgan fingerprint density at radius 1 is 1.05 bits per heavy atom. The van der Waals surface area contributed by atoms with Crippen LogP contribution in [0.3, 0.4) is 0 Å². The maximum absolute atomic E-state index is 14.7. The molecule has 2 aromatic carbocycles. The van der Waals surface area contributed by atoms with Gasteiger partial charge in [0.25, 0.3) is 5.91 Å². The number of aliphatic hydroxyl groups is 1. The lowest BCUT2D eigenvalue weighted by Gasteiger charge is -2.39. The highest BCUT2D eigenvalue weighted by Crippen LogP contribution is 2.41. The van der Waals surface area contributed by atoms with Gasteiger partial charge in [0.2, 0.25) is 23.6 Å². The van der Waals surface area contributed by atoms with Gasteiger partial charge in [-0.15, -0.1) is 11.3 Å². The minimum absolute atomic E-state index is 0.00171. The Hall–Kier alpha value is -5.45. The third kappa shape index (κ3) is 13.3. The van der Waals surface area contributed by atoms with Gasteiger partial charge in [-0.3, -0.25) is 28.9 Å². The van der Waals surface area contributed by atoms with Crippen molar-refractivity contribution in [1.29, 1.82) is 0 Å². The van der Waals surface area contributed by atoms with Crippen LogP contribution in [0.5, 0.6) is 5.75 Å². The van der Waals surface area contributed by atoms with Gasteiger partial charge < -0.3 is 46.2 Å². The van der Waals surface area contributed by atoms with E-state index in [4.69, 9.17) is 22.1 Å². The van der Waals surface area contributed by atoms with E-state index in [1.807, 2.05) is 36.1 Å². The number of benzene rings is 2. The maximum Gasteiger partial charge on any atom is 0.258 e. The summed E-state index contributed by atoms with van der Waals surface area (Å²) in [6.07, 6.45) is 5.28. The fourth-order valence-electron chi connectivity index (χ4n) is 9.33. The number of thiazole rings is 1. The van der Waals surface area contributed by atoms with Crippen LogP contribution in [0, 0.1) is 17.8 Å². The number of aliphatic hydroxyl groups excluding tert-OH is 1. The summed E-state index contributed by atoms with van der Waals surface area (Å²) in [5.41, 5.74) is 7.97. The van der Waals surface area contributed by atoms with Crippen LogP contribution >= 0.6 is 34.7 Å². The Morgan fingerprint density at radius 3 is 2.49 bits per heavy atom. The van der Waals surface area contributed by atoms with Crippen molar-refractivity contribution in [3.63, 3.8) is 0 Å². The van der Waals surface area contributed by atoms with Crippen molar-refractivity contribution in [1.82, 2.24) is 40.3 Å². The monoisotopic (exact) mass is 1080 g/mol. The molecule has 1 saturated carbocycles. The Morgan fingerprint density at radius 2 is 1.82 bits per heavy atom. The maximum atomic E-state index is 14.7. The molecule has 0 radical (unpaired) electrons. The Kier molecular flexibility index (Phi) is 17.2. The normalized spacial score (nSPS) is 20.0. The highest BCUT2D eigenvalue weighted by atomic mass is 35.5. The van der Waals surface area contributed by atoms with E-state index in [1.165, 1.54) is 32.9 Å². The Balaban J connectivity index is 0.814. The molecule has 2 aromatic heterocycles. The first-order valence-corrected chi connectivity index (χ1v) is 27.3. The molecule has 4 fully saturated rings. The van der Waals surface area contributed by atoms with Gasteiger partial charge in [0.05, 0.1) is 65.0 Å². The summed E-state index contributed by atoms with van der Waals surface area (Å²) in [5.74, 6) is -1.08. The van der Waals surface area contributed by atoms with Gasteiger partial charge in [-0.2, -0.15) is 0 Å². The number of piperazine rings is 1. The average molecular weight is 1080 g/mol. The molecule has 5 heterocycles. The number of amides is 5. The Labute approximate surface area is 444 Å². The van der Waals surface area contributed by atoms with Crippen LogP contribution in [0.1, 0.15) is 77.5 Å². The summed E-state index contributed by atoms with van der Waals surface area (Å²) in [7, 11) is 0. The summed E-state index contributed by atoms with van der Waals surface area (Å²) in [6, 6.07) is 8.93. The predicted molar refractivity (Wildman–Crippen MR) is 283 cm³/mol. The average Bonchev–Trinajstić information content (AvgIpc) is 3.78. The number of ether oxygens (including phenoxy) is 1. The van der Waals surface area contributed by atoms with Crippen LogP contribution in [0.15, 0.2) is 64.2 Å². The van der Waals surface area contributed by atoms with E-state index >= 15 is 0 Å². The second kappa shape index (κ2) is 23.2. The van der Waals surface area contributed by atoms with Crippen LogP contribution in [0.2, 0.25) is 5.02 Å². The third-order valence-corrected chi connectivity index (χ3v) is 16.8. The number of aryl methyl sites for hydroxylation is 1. The van der Waals surface area contributed by atoms with Crippen molar-refractivity contribution in [2.24, 2.45) is 16.6 Å². The third-order valence-electron chi connectivity index (χ3n) is 14.3. The van der Waals surface area contributed by atoms with E-state index in [0.29, 0.717) is 71.2 Å². The molecule has 3 aliphatic heterocycles. The number of nitrogens with one attached hydrogen (secondary N) is 3. The van der Waals surface area contributed by atoms with Crippen molar-refractivity contribution >= 4 is 75.7 Å². The number of anilines is 2. The summed E-state index contributed by atoms with van der Waals surface area (Å²) >= 11 is 9.64. The Bertz CT molecular complexity index is 2700. The number of aromatic nitrogens is 3. The number of β-amino-alcohol motifs (C(OH)–C–C–N with tert-alkyl or cyclic N) is 1. The number of hydrogen-bond acceptors (Lipinski definition) is 15. The first-order chi connectivity index (χ1) is 35.2. The van der Waals surface area contributed by atoms with E-state index in [2.05, 4.69) is 42.7 Å². The molecule has 4 aliphatic rings. The first-order valence-electron chi connectivity index (χ1n) is 25.2. The van der Waals surface area contributed by atoms with Crippen molar-refractivity contribution in [2.75, 3.05) is 75.7 Å². The number of alkyl halides is 1. The fraction of sp³-hybridized carbons (Fsp3) is 0.538. The van der Waals surface area contributed by atoms with Gasteiger partial charge >= 0.3 is 0 Å². The van der Waals surface area contributed by atoms with Gasteiger partial charge in [0, 0.05) is 62.7 Å². The van der Waals surface area contributed by atoms with E-state index in [0.717, 1.165) is 47.9 Å². The van der Waals surface area contributed by atoms with Gasteiger partial charge in [-0.1, -0.05) is 69.3 Å². The number of likely N-dealkylation sites (tertiary alicyclic amines) is 1. The second-order valence-electron chi connectivity index (χ2n) is 21.2. The molecule has 5 amide bonds. The standard InChI is InChI=1S/C52H67ClFN11O7S2/c1-32-45(73-31-59-32)33-10-11-34(24-58-47(69)37-23-35(66)27-65(37)48(70)46(50(2,3)4)61-49(71)52(54)12-13-52)38(22-33)72-21-7-16-62-19-20-64(43(68)29-62)28-41(67)60-36-8-6-9-39(44(36)53)74-42-26-56-40(25-57-42)63-17-14-51(5,30-55)15-18-63/h6,8-11,22,25-26,31,35,37,46,66H,7,12-21,23-24,27-30,55H2,1-5H3,(H,58,69)(H,60,67)(H,61,71)/t35?,37?,46-/m1/s1. The SMILES string of the molecule is Cc1ncsc1-c1ccc(CNC(=O)C2CC(O)CN2C(=O)[C@@H](NC(=O)C2(F)CC2)C(C)(C)C)c(OCCCN2CCN(CC(=O)Nc3cccc(Sc4cnc(N5CCC(C)(CN)CC5)cn4)c3Cl)C(=O)C2)c1.